The Morgan fingerprint density at radius 3 is 1.51 bits per heavy atom. The minimum atomic E-state index is -4.53. The summed E-state index contributed by atoms with van der Waals surface area (Å²) in [6.07, 6.45) is -9.07. The van der Waals surface area contributed by atoms with Crippen LogP contribution in [-0.4, -0.2) is 0 Å². The number of alkyl halides is 6. The molecule has 5 rings (SSSR count). The fraction of sp³-hybridized carbons (Fsp3) is 0.0690. The van der Waals surface area contributed by atoms with Crippen LogP contribution in [0.4, 0.5) is 26.3 Å². The minimum Gasteiger partial charge on any atom is -0.456 e. The van der Waals surface area contributed by atoms with Gasteiger partial charge in [0.1, 0.15) is 11.3 Å². The van der Waals surface area contributed by atoms with Gasteiger partial charge in [-0.25, -0.2) is 0 Å². The summed E-state index contributed by atoms with van der Waals surface area (Å²) in [5.41, 5.74) is 0.295. The molecule has 0 radical (unpaired) electrons. The monoisotopic (exact) mass is 510 g/mol. The van der Waals surface area contributed by atoms with Gasteiger partial charge in [-0.2, -0.15) is 26.3 Å². The van der Waals surface area contributed by atoms with Crippen molar-refractivity contribution in [2.75, 3.05) is 0 Å². The lowest BCUT2D eigenvalue weighted by molar-refractivity contribution is -0.138. The summed E-state index contributed by atoms with van der Waals surface area (Å²) < 4.78 is 84.6. The second-order valence-electron chi connectivity index (χ2n) is 8.39. The van der Waals surface area contributed by atoms with Crippen LogP contribution in [0.25, 0.3) is 44.5 Å². The molecule has 0 aliphatic carbocycles. The van der Waals surface area contributed by atoms with Gasteiger partial charge in [0.2, 0.25) is 0 Å². The first kappa shape index (κ1) is 24.4. The third kappa shape index (κ3) is 4.87. The van der Waals surface area contributed by atoms with E-state index in [9.17, 15) is 31.1 Å². The van der Waals surface area contributed by atoms with Gasteiger partial charge in [-0.05, 0) is 58.7 Å². The van der Waals surface area contributed by atoms with Gasteiger partial charge in [0.05, 0.1) is 16.5 Å². The van der Waals surface area contributed by atoms with Crippen LogP contribution in [0.5, 0.6) is 0 Å². The van der Waals surface area contributed by atoms with Gasteiger partial charge in [-0.15, -0.1) is 0 Å². The third-order valence-corrected chi connectivity index (χ3v) is 5.97. The van der Waals surface area contributed by atoms with Crippen LogP contribution in [0.1, 0.15) is 11.1 Å². The first-order valence-corrected chi connectivity index (χ1v) is 11.0. The molecular weight excluding hydrogens is 494 g/mol. The molecule has 2 nitrogen and oxygen atoms in total. The number of benzene rings is 4. The maximum atomic E-state index is 13.1. The van der Waals surface area contributed by atoms with Crippen molar-refractivity contribution in [3.05, 3.63) is 118 Å². The van der Waals surface area contributed by atoms with Crippen molar-refractivity contribution in [2.45, 2.75) is 12.4 Å². The Balaban J connectivity index is 1.73. The molecule has 4 aromatic carbocycles. The zero-order valence-electron chi connectivity index (χ0n) is 18.8. The molecule has 8 heteroatoms. The number of hydrogen-bond donors (Lipinski definition) is 0. The Kier molecular flexibility index (Phi) is 5.90. The van der Waals surface area contributed by atoms with Crippen molar-refractivity contribution in [1.29, 1.82) is 0 Å². The fourth-order valence-corrected chi connectivity index (χ4v) is 4.10. The lowest BCUT2D eigenvalue weighted by Crippen LogP contribution is -2.05. The number of hydrogen-bond acceptors (Lipinski definition) is 2. The highest BCUT2D eigenvalue weighted by atomic mass is 19.4. The number of fused-ring (bicyclic) bond motifs is 1. The SMILES string of the molecule is O=c1cc(-c2ccccc2)oc2cc(-c3ccc(C(F)(F)F)cc3)c(-c3ccc(C(F)(F)F)cc3)cc12. The van der Waals surface area contributed by atoms with Gasteiger partial charge in [-0.3, -0.25) is 4.79 Å². The highest BCUT2D eigenvalue weighted by Gasteiger charge is 2.31. The molecule has 0 amide bonds. The van der Waals surface area contributed by atoms with Crippen LogP contribution >= 0.6 is 0 Å². The van der Waals surface area contributed by atoms with E-state index in [4.69, 9.17) is 4.42 Å². The molecule has 1 aromatic heterocycles. The van der Waals surface area contributed by atoms with E-state index in [0.717, 1.165) is 24.3 Å². The molecule has 0 fully saturated rings. The van der Waals surface area contributed by atoms with Crippen LogP contribution in [0, 0.1) is 0 Å². The number of halogens is 6. The molecular formula is C29H16F6O2. The maximum Gasteiger partial charge on any atom is 0.416 e. The Bertz CT molecular complexity index is 1630. The fourth-order valence-electron chi connectivity index (χ4n) is 4.10. The van der Waals surface area contributed by atoms with Crippen molar-refractivity contribution in [3.63, 3.8) is 0 Å². The van der Waals surface area contributed by atoms with E-state index in [0.29, 0.717) is 33.6 Å². The Morgan fingerprint density at radius 1 is 0.541 bits per heavy atom. The molecule has 0 atom stereocenters. The van der Waals surface area contributed by atoms with Gasteiger partial charge in [0.15, 0.2) is 5.43 Å². The minimum absolute atomic E-state index is 0.185. The van der Waals surface area contributed by atoms with E-state index in [1.807, 2.05) is 6.07 Å². The van der Waals surface area contributed by atoms with E-state index in [1.165, 1.54) is 42.5 Å². The van der Waals surface area contributed by atoms with E-state index >= 15 is 0 Å². The second kappa shape index (κ2) is 8.96. The summed E-state index contributed by atoms with van der Waals surface area (Å²) in [5, 5.41) is 0.185. The van der Waals surface area contributed by atoms with Gasteiger partial charge >= 0.3 is 12.4 Å². The summed E-state index contributed by atoms with van der Waals surface area (Å²) in [6, 6.07) is 22.0. The van der Waals surface area contributed by atoms with Crippen LogP contribution in [0.2, 0.25) is 0 Å². The van der Waals surface area contributed by atoms with Crippen molar-refractivity contribution >= 4 is 11.0 Å². The van der Waals surface area contributed by atoms with Crippen molar-refractivity contribution in [3.8, 4) is 33.6 Å². The molecule has 0 bridgehead atoms. The van der Waals surface area contributed by atoms with E-state index in [1.54, 1.807) is 24.3 Å². The molecule has 0 saturated heterocycles. The largest absolute Gasteiger partial charge is 0.456 e. The Morgan fingerprint density at radius 2 is 1.03 bits per heavy atom. The molecule has 0 N–H and O–H groups in total. The zero-order valence-corrected chi connectivity index (χ0v) is 18.8. The molecule has 0 saturated carbocycles. The van der Waals surface area contributed by atoms with Gasteiger partial charge in [0, 0.05) is 11.6 Å². The average Bonchev–Trinajstić information content (AvgIpc) is 2.87. The molecule has 0 unspecified atom stereocenters. The summed E-state index contributed by atoms with van der Waals surface area (Å²) >= 11 is 0. The quantitative estimate of drug-likeness (QED) is 0.227. The van der Waals surface area contributed by atoms with Crippen molar-refractivity contribution in [1.82, 2.24) is 0 Å². The van der Waals surface area contributed by atoms with Crippen LogP contribution in [0.15, 0.2) is 106 Å². The highest BCUT2D eigenvalue weighted by molar-refractivity contribution is 5.94. The lowest BCUT2D eigenvalue weighted by Gasteiger charge is -2.15. The third-order valence-electron chi connectivity index (χ3n) is 5.97. The van der Waals surface area contributed by atoms with Gasteiger partial charge in [-0.1, -0.05) is 54.6 Å². The van der Waals surface area contributed by atoms with Crippen molar-refractivity contribution in [2.24, 2.45) is 0 Å². The second-order valence-corrected chi connectivity index (χ2v) is 8.39. The average molecular weight is 510 g/mol. The highest BCUT2D eigenvalue weighted by Crippen LogP contribution is 2.39. The zero-order chi connectivity index (χ0) is 26.4. The van der Waals surface area contributed by atoms with Crippen LogP contribution in [0.3, 0.4) is 0 Å². The van der Waals surface area contributed by atoms with Crippen LogP contribution < -0.4 is 5.43 Å². The normalized spacial score (nSPS) is 12.2. The van der Waals surface area contributed by atoms with E-state index in [-0.39, 0.29) is 16.4 Å². The van der Waals surface area contributed by atoms with E-state index in [2.05, 4.69) is 0 Å². The maximum absolute atomic E-state index is 13.1. The summed E-state index contributed by atoms with van der Waals surface area (Å²) in [7, 11) is 0. The molecule has 0 aliphatic rings. The molecule has 1 heterocycles. The molecule has 0 aliphatic heterocycles. The molecule has 186 valence electrons. The molecule has 0 spiro atoms. The molecule has 37 heavy (non-hydrogen) atoms. The van der Waals surface area contributed by atoms with Crippen molar-refractivity contribution < 1.29 is 30.8 Å². The summed E-state index contributed by atoms with van der Waals surface area (Å²) in [4.78, 5) is 13.0. The lowest BCUT2D eigenvalue weighted by atomic mass is 9.92. The first-order chi connectivity index (χ1) is 17.5. The smallest absolute Gasteiger partial charge is 0.416 e. The Hall–Kier alpha value is -4.33. The van der Waals surface area contributed by atoms with E-state index < -0.39 is 23.5 Å². The first-order valence-electron chi connectivity index (χ1n) is 11.0. The standard InChI is InChI=1S/C29H16F6O2/c30-28(31,32)20-10-6-17(7-11-20)22-14-24-25(36)16-26(19-4-2-1-3-5-19)37-27(24)15-23(22)18-8-12-21(13-9-18)29(33,34)35/h1-16H. The predicted octanol–water partition coefficient (Wildman–Crippen LogP) is 8.83. The summed E-state index contributed by atoms with van der Waals surface area (Å²) in [6.45, 7) is 0. The predicted molar refractivity (Wildman–Crippen MR) is 129 cm³/mol. The van der Waals surface area contributed by atoms with Crippen LogP contribution in [-0.2, 0) is 12.4 Å². The summed E-state index contributed by atoms with van der Waals surface area (Å²) in [5.74, 6) is 0.304. The van der Waals surface area contributed by atoms with Gasteiger partial charge in [0.25, 0.3) is 0 Å². The Labute approximate surface area is 206 Å². The number of rotatable bonds is 3. The molecule has 5 aromatic rings. The van der Waals surface area contributed by atoms with Gasteiger partial charge < -0.3 is 4.42 Å². The topological polar surface area (TPSA) is 30.2 Å².